The summed E-state index contributed by atoms with van der Waals surface area (Å²) in [5.41, 5.74) is -0.552. The lowest BCUT2D eigenvalue weighted by Crippen LogP contribution is -2.44. The molecular formula is C7H13Cl2NO2. The van der Waals surface area contributed by atoms with Crippen LogP contribution in [0, 0.1) is 5.41 Å². The second-order valence-corrected chi connectivity index (χ2v) is 4.67. The van der Waals surface area contributed by atoms with Crippen molar-refractivity contribution in [1.29, 1.82) is 0 Å². The number of halogens is 2. The van der Waals surface area contributed by atoms with Gasteiger partial charge in [0.2, 0.25) is 5.91 Å². The van der Waals surface area contributed by atoms with Gasteiger partial charge < -0.3 is 10.4 Å². The number of hydrogen-bond acceptors (Lipinski definition) is 2. The van der Waals surface area contributed by atoms with Crippen LogP contribution in [0.5, 0.6) is 0 Å². The van der Waals surface area contributed by atoms with Gasteiger partial charge in [-0.15, -0.1) is 23.2 Å². The van der Waals surface area contributed by atoms with Crippen molar-refractivity contribution in [2.24, 2.45) is 5.41 Å². The molecular weight excluding hydrogens is 201 g/mol. The van der Waals surface area contributed by atoms with Crippen molar-refractivity contribution < 1.29 is 9.90 Å². The molecule has 1 atom stereocenters. The lowest BCUT2D eigenvalue weighted by atomic mass is 9.96. The minimum atomic E-state index is -1.21. The molecule has 12 heavy (non-hydrogen) atoms. The highest BCUT2D eigenvalue weighted by Crippen LogP contribution is 2.14. The molecule has 0 heterocycles. The number of aliphatic hydroxyl groups is 1. The molecule has 0 aliphatic heterocycles. The average molecular weight is 214 g/mol. The summed E-state index contributed by atoms with van der Waals surface area (Å²) >= 11 is 10.6. The van der Waals surface area contributed by atoms with Crippen LogP contribution in [-0.4, -0.2) is 22.1 Å². The fourth-order valence-electron chi connectivity index (χ4n) is 0.414. The molecule has 72 valence electrons. The monoisotopic (exact) mass is 213 g/mol. The number of hydrogen-bond donors (Lipinski definition) is 2. The van der Waals surface area contributed by atoms with Crippen LogP contribution in [0.15, 0.2) is 0 Å². The van der Waals surface area contributed by atoms with Crippen molar-refractivity contribution in [1.82, 2.24) is 5.32 Å². The first-order chi connectivity index (χ1) is 5.25. The summed E-state index contributed by atoms with van der Waals surface area (Å²) in [5, 5.41) is 11.3. The molecule has 0 saturated carbocycles. The largest absolute Gasteiger partial charge is 0.371 e. The molecule has 0 bridgehead atoms. The lowest BCUT2D eigenvalue weighted by Gasteiger charge is -2.21. The van der Waals surface area contributed by atoms with Gasteiger partial charge in [0.15, 0.2) is 11.1 Å². The van der Waals surface area contributed by atoms with Gasteiger partial charge in [-0.05, 0) is 0 Å². The first kappa shape index (κ1) is 12.0. The van der Waals surface area contributed by atoms with Crippen molar-refractivity contribution in [3.8, 4) is 0 Å². The summed E-state index contributed by atoms with van der Waals surface area (Å²) in [4.78, 5) is 10.2. The second kappa shape index (κ2) is 4.30. The summed E-state index contributed by atoms with van der Waals surface area (Å²) in [5.74, 6) is -0.290. The third-order valence-corrected chi connectivity index (χ3v) is 1.68. The highest BCUT2D eigenvalue weighted by molar-refractivity contribution is 6.44. The van der Waals surface area contributed by atoms with Crippen LogP contribution >= 0.6 is 23.2 Å². The maximum atomic E-state index is 11.2. The fraction of sp³-hybridized carbons (Fsp3) is 0.857. The van der Waals surface area contributed by atoms with E-state index in [1.165, 1.54) is 0 Å². The van der Waals surface area contributed by atoms with E-state index in [4.69, 9.17) is 28.3 Å². The zero-order chi connectivity index (χ0) is 9.94. The molecule has 0 aromatic carbocycles. The zero-order valence-corrected chi connectivity index (χ0v) is 8.78. The minimum Gasteiger partial charge on any atom is -0.371 e. The minimum absolute atomic E-state index is 0.290. The topological polar surface area (TPSA) is 49.3 Å². The van der Waals surface area contributed by atoms with Gasteiger partial charge in [0.25, 0.3) is 0 Å². The van der Waals surface area contributed by atoms with Crippen molar-refractivity contribution in [3.63, 3.8) is 0 Å². The van der Waals surface area contributed by atoms with Crippen molar-refractivity contribution in [2.45, 2.75) is 31.8 Å². The predicted molar refractivity (Wildman–Crippen MR) is 49.1 cm³/mol. The number of amides is 1. The third kappa shape index (κ3) is 4.14. The zero-order valence-electron chi connectivity index (χ0n) is 7.27. The van der Waals surface area contributed by atoms with Crippen LogP contribution in [-0.2, 0) is 4.79 Å². The number of nitrogens with one attached hydrogen (secondary N) is 1. The molecule has 0 aliphatic rings. The van der Waals surface area contributed by atoms with E-state index in [1.807, 2.05) is 0 Å². The number of alkyl halides is 2. The fourth-order valence-corrected chi connectivity index (χ4v) is 0.540. The third-order valence-electron chi connectivity index (χ3n) is 1.20. The SMILES string of the molecule is CC(C)(C)C(=O)N[C@@H](O)C(Cl)Cl. The summed E-state index contributed by atoms with van der Waals surface area (Å²) in [6.07, 6.45) is -1.21. The van der Waals surface area contributed by atoms with E-state index in [2.05, 4.69) is 5.32 Å². The van der Waals surface area contributed by atoms with Crippen LogP contribution in [0.1, 0.15) is 20.8 Å². The normalized spacial score (nSPS) is 14.6. The van der Waals surface area contributed by atoms with Gasteiger partial charge in [-0.2, -0.15) is 0 Å². The summed E-state index contributed by atoms with van der Waals surface area (Å²) < 4.78 is 0. The van der Waals surface area contributed by atoms with E-state index in [-0.39, 0.29) is 5.91 Å². The molecule has 0 spiro atoms. The Morgan fingerprint density at radius 2 is 1.83 bits per heavy atom. The van der Waals surface area contributed by atoms with E-state index < -0.39 is 16.5 Å². The molecule has 0 saturated heterocycles. The van der Waals surface area contributed by atoms with E-state index in [1.54, 1.807) is 20.8 Å². The van der Waals surface area contributed by atoms with Gasteiger partial charge >= 0.3 is 0 Å². The summed E-state index contributed by atoms with van der Waals surface area (Å²) in [6.45, 7) is 5.19. The predicted octanol–water partition coefficient (Wildman–Crippen LogP) is 1.27. The number of carbonyl (C=O) groups excluding carboxylic acids is 1. The molecule has 0 radical (unpaired) electrons. The molecule has 3 nitrogen and oxygen atoms in total. The first-order valence-electron chi connectivity index (χ1n) is 3.52. The van der Waals surface area contributed by atoms with Gasteiger partial charge in [-0.1, -0.05) is 20.8 Å². The van der Waals surface area contributed by atoms with Crippen molar-refractivity contribution >= 4 is 29.1 Å². The Kier molecular flexibility index (Phi) is 4.31. The Hall–Kier alpha value is 0.01000. The second-order valence-electron chi connectivity index (χ2n) is 3.50. The highest BCUT2D eigenvalue weighted by Gasteiger charge is 2.25. The lowest BCUT2D eigenvalue weighted by molar-refractivity contribution is -0.131. The van der Waals surface area contributed by atoms with Gasteiger partial charge in [-0.3, -0.25) is 4.79 Å². The molecule has 0 aliphatic carbocycles. The molecule has 0 fully saturated rings. The molecule has 0 aromatic rings. The standard InChI is InChI=1S/C7H13Cl2NO2/c1-7(2,3)6(12)10-5(11)4(8)9/h4-5,11H,1-3H3,(H,10,12)/t5-/m0/s1. The van der Waals surface area contributed by atoms with Gasteiger partial charge in [-0.25, -0.2) is 0 Å². The highest BCUT2D eigenvalue weighted by atomic mass is 35.5. The maximum Gasteiger partial charge on any atom is 0.227 e. The smallest absolute Gasteiger partial charge is 0.227 e. The van der Waals surface area contributed by atoms with Gasteiger partial charge in [0, 0.05) is 5.41 Å². The Morgan fingerprint density at radius 3 is 2.08 bits per heavy atom. The number of aliphatic hydroxyl groups excluding tert-OH is 1. The molecule has 0 aromatic heterocycles. The van der Waals surface area contributed by atoms with Crippen LogP contribution in [0.4, 0.5) is 0 Å². The molecule has 1 amide bonds. The Labute approximate surface area is 82.0 Å². The first-order valence-corrected chi connectivity index (χ1v) is 4.39. The Balaban J connectivity index is 4.02. The quantitative estimate of drug-likeness (QED) is 0.537. The summed E-state index contributed by atoms with van der Waals surface area (Å²) in [7, 11) is 0. The van der Waals surface area contributed by atoms with E-state index >= 15 is 0 Å². The Bertz CT molecular complexity index is 165. The average Bonchev–Trinajstić information content (AvgIpc) is 1.85. The number of rotatable bonds is 2. The van der Waals surface area contributed by atoms with Gasteiger partial charge in [0.05, 0.1) is 0 Å². The van der Waals surface area contributed by atoms with Crippen molar-refractivity contribution in [3.05, 3.63) is 0 Å². The van der Waals surface area contributed by atoms with Crippen LogP contribution in [0.25, 0.3) is 0 Å². The van der Waals surface area contributed by atoms with Crippen LogP contribution in [0.3, 0.4) is 0 Å². The van der Waals surface area contributed by atoms with E-state index in [0.717, 1.165) is 0 Å². The molecule has 2 N–H and O–H groups in total. The van der Waals surface area contributed by atoms with E-state index in [9.17, 15) is 4.79 Å². The molecule has 0 unspecified atom stereocenters. The summed E-state index contributed by atoms with van der Waals surface area (Å²) in [6, 6.07) is 0. The van der Waals surface area contributed by atoms with Gasteiger partial charge in [0.1, 0.15) is 0 Å². The maximum absolute atomic E-state index is 11.2. The van der Waals surface area contributed by atoms with Crippen LogP contribution in [0.2, 0.25) is 0 Å². The number of carbonyl (C=O) groups is 1. The van der Waals surface area contributed by atoms with Crippen molar-refractivity contribution in [2.75, 3.05) is 0 Å². The van der Waals surface area contributed by atoms with Crippen LogP contribution < -0.4 is 5.32 Å². The van der Waals surface area contributed by atoms with E-state index in [0.29, 0.717) is 0 Å². The molecule has 0 rings (SSSR count). The molecule has 5 heteroatoms. The Morgan fingerprint density at radius 1 is 1.42 bits per heavy atom.